The minimum atomic E-state index is -3.71. The van der Waals surface area contributed by atoms with Gasteiger partial charge in [-0.25, -0.2) is 13.2 Å². The number of benzene rings is 1. The Morgan fingerprint density at radius 2 is 1.61 bits per heavy atom. The summed E-state index contributed by atoms with van der Waals surface area (Å²) in [5, 5.41) is 0. The normalized spacial score (nSPS) is 20.0. The predicted octanol–water partition coefficient (Wildman–Crippen LogP) is -0.548. The Kier molecular flexibility index (Phi) is 5.80. The molecule has 2 saturated heterocycles. The minimum Gasteiger partial charge on any atom is -0.408 e. The SMILES string of the molecule is O=c1oc2cc(S(=O)(=O)NCN3CCOCC3)ccc2n1CN1CCOCC1. The molecule has 1 aromatic carbocycles. The zero-order chi connectivity index (χ0) is 19.6. The summed E-state index contributed by atoms with van der Waals surface area (Å²) in [6.07, 6.45) is 0. The second-order valence-corrected chi connectivity index (χ2v) is 8.60. The quantitative estimate of drug-likeness (QED) is 0.674. The van der Waals surface area contributed by atoms with Crippen LogP contribution in [0.5, 0.6) is 0 Å². The van der Waals surface area contributed by atoms with Crippen molar-refractivity contribution in [3.05, 3.63) is 28.7 Å². The van der Waals surface area contributed by atoms with Crippen LogP contribution in [-0.4, -0.2) is 82.1 Å². The van der Waals surface area contributed by atoms with E-state index < -0.39 is 15.8 Å². The smallest absolute Gasteiger partial charge is 0.408 e. The molecule has 0 radical (unpaired) electrons. The molecule has 28 heavy (non-hydrogen) atoms. The summed E-state index contributed by atoms with van der Waals surface area (Å²) in [4.78, 5) is 16.4. The van der Waals surface area contributed by atoms with Crippen molar-refractivity contribution in [3.8, 4) is 0 Å². The van der Waals surface area contributed by atoms with Crippen LogP contribution in [0.1, 0.15) is 0 Å². The lowest BCUT2D eigenvalue weighted by Gasteiger charge is -2.26. The Bertz CT molecular complexity index is 973. The van der Waals surface area contributed by atoms with Gasteiger partial charge in [0.2, 0.25) is 10.0 Å². The number of oxazole rings is 1. The number of nitrogens with zero attached hydrogens (tertiary/aromatic N) is 3. The Hall–Kier alpha value is -1.76. The van der Waals surface area contributed by atoms with Crippen molar-refractivity contribution in [2.75, 3.05) is 59.3 Å². The van der Waals surface area contributed by atoms with Crippen molar-refractivity contribution < 1.29 is 22.3 Å². The molecule has 2 aliphatic heterocycles. The highest BCUT2D eigenvalue weighted by Gasteiger charge is 2.20. The average molecular weight is 412 g/mol. The molecule has 3 heterocycles. The maximum atomic E-state index is 12.6. The first kappa shape index (κ1) is 19.6. The first-order valence-corrected chi connectivity index (χ1v) is 10.7. The fourth-order valence-electron chi connectivity index (χ4n) is 3.31. The molecule has 4 rings (SSSR count). The van der Waals surface area contributed by atoms with E-state index in [0.29, 0.717) is 51.7 Å². The first-order valence-electron chi connectivity index (χ1n) is 9.26. The molecule has 2 aromatic rings. The van der Waals surface area contributed by atoms with E-state index in [1.54, 1.807) is 6.07 Å². The standard InChI is InChI=1S/C17H24N4O6S/c22-17-21(13-20-5-9-26-10-6-20)15-2-1-14(11-16(15)27-17)28(23,24)18-12-19-3-7-25-8-4-19/h1-2,11,18H,3-10,12-13H2. The van der Waals surface area contributed by atoms with Crippen LogP contribution in [0, 0.1) is 0 Å². The molecule has 0 saturated carbocycles. The number of fused-ring (bicyclic) bond motifs is 1. The first-order chi connectivity index (χ1) is 13.5. The van der Waals surface area contributed by atoms with Crippen LogP contribution in [0.15, 0.2) is 32.3 Å². The van der Waals surface area contributed by atoms with Crippen LogP contribution >= 0.6 is 0 Å². The molecule has 0 unspecified atom stereocenters. The van der Waals surface area contributed by atoms with Crippen molar-refractivity contribution in [2.45, 2.75) is 11.6 Å². The Balaban J connectivity index is 1.51. The van der Waals surface area contributed by atoms with Crippen molar-refractivity contribution in [3.63, 3.8) is 0 Å². The highest BCUT2D eigenvalue weighted by atomic mass is 32.2. The second kappa shape index (κ2) is 8.31. The van der Waals surface area contributed by atoms with E-state index >= 15 is 0 Å². The minimum absolute atomic E-state index is 0.0699. The lowest BCUT2D eigenvalue weighted by molar-refractivity contribution is 0.0230. The van der Waals surface area contributed by atoms with Gasteiger partial charge in [-0.1, -0.05) is 0 Å². The molecular weight excluding hydrogens is 388 g/mol. The number of ether oxygens (including phenoxy) is 2. The fraction of sp³-hybridized carbons (Fsp3) is 0.588. The van der Waals surface area contributed by atoms with Crippen LogP contribution in [0.2, 0.25) is 0 Å². The van der Waals surface area contributed by atoms with Crippen LogP contribution in [0.25, 0.3) is 11.1 Å². The van der Waals surface area contributed by atoms with E-state index in [2.05, 4.69) is 9.62 Å². The summed E-state index contributed by atoms with van der Waals surface area (Å²) in [6.45, 7) is 5.87. The van der Waals surface area contributed by atoms with Gasteiger partial charge in [0.1, 0.15) is 0 Å². The Morgan fingerprint density at radius 3 is 2.29 bits per heavy atom. The van der Waals surface area contributed by atoms with Crippen molar-refractivity contribution in [1.82, 2.24) is 19.1 Å². The van der Waals surface area contributed by atoms with Crippen molar-refractivity contribution in [1.29, 1.82) is 0 Å². The predicted molar refractivity (Wildman–Crippen MR) is 100 cm³/mol. The van der Waals surface area contributed by atoms with Gasteiger partial charge in [-0.15, -0.1) is 0 Å². The number of hydrogen-bond donors (Lipinski definition) is 1. The molecule has 1 aromatic heterocycles. The number of aromatic nitrogens is 1. The topological polar surface area (TPSA) is 106 Å². The highest BCUT2D eigenvalue weighted by Crippen LogP contribution is 2.19. The van der Waals surface area contributed by atoms with Crippen molar-refractivity contribution >= 4 is 21.1 Å². The van der Waals surface area contributed by atoms with Crippen LogP contribution in [0.4, 0.5) is 0 Å². The lowest BCUT2D eigenvalue weighted by atomic mass is 10.3. The number of sulfonamides is 1. The summed E-state index contributed by atoms with van der Waals surface area (Å²) in [5.74, 6) is -0.502. The number of morpholine rings is 2. The molecule has 11 heteroatoms. The number of hydrogen-bond acceptors (Lipinski definition) is 8. The van der Waals surface area contributed by atoms with Gasteiger partial charge in [0.25, 0.3) is 0 Å². The molecule has 0 bridgehead atoms. The number of nitrogens with one attached hydrogen (secondary N) is 1. The van der Waals surface area contributed by atoms with Crippen LogP contribution in [0.3, 0.4) is 0 Å². The molecule has 154 valence electrons. The van der Waals surface area contributed by atoms with Gasteiger partial charge >= 0.3 is 5.76 Å². The van der Waals surface area contributed by atoms with Gasteiger partial charge in [0, 0.05) is 32.2 Å². The Labute approximate surface area is 162 Å². The van der Waals surface area contributed by atoms with E-state index in [-0.39, 0.29) is 17.1 Å². The molecule has 0 amide bonds. The van der Waals surface area contributed by atoms with Gasteiger partial charge in [-0.05, 0) is 12.1 Å². The third-order valence-corrected chi connectivity index (χ3v) is 6.36. The summed E-state index contributed by atoms with van der Waals surface area (Å²) in [7, 11) is -3.71. The van der Waals surface area contributed by atoms with Crippen LogP contribution < -0.4 is 10.5 Å². The average Bonchev–Trinajstić information content (AvgIpc) is 3.02. The van der Waals surface area contributed by atoms with Crippen molar-refractivity contribution in [2.24, 2.45) is 0 Å². The molecule has 2 fully saturated rings. The zero-order valence-electron chi connectivity index (χ0n) is 15.5. The monoisotopic (exact) mass is 412 g/mol. The summed E-state index contributed by atoms with van der Waals surface area (Å²) >= 11 is 0. The maximum absolute atomic E-state index is 12.6. The molecular formula is C17H24N4O6S. The highest BCUT2D eigenvalue weighted by molar-refractivity contribution is 7.89. The van der Waals surface area contributed by atoms with E-state index in [9.17, 15) is 13.2 Å². The summed E-state index contributed by atoms with van der Waals surface area (Å²) in [6, 6.07) is 4.51. The molecule has 1 N–H and O–H groups in total. The third-order valence-electron chi connectivity index (χ3n) is 4.98. The molecule has 2 aliphatic rings. The van der Waals surface area contributed by atoms with E-state index in [0.717, 1.165) is 13.1 Å². The fourth-order valence-corrected chi connectivity index (χ4v) is 4.34. The van der Waals surface area contributed by atoms with E-state index in [1.165, 1.54) is 16.7 Å². The number of rotatable bonds is 6. The molecule has 0 atom stereocenters. The van der Waals surface area contributed by atoms with E-state index in [1.807, 2.05) is 4.90 Å². The zero-order valence-corrected chi connectivity index (χ0v) is 16.3. The van der Waals surface area contributed by atoms with Gasteiger partial charge in [-0.3, -0.25) is 14.4 Å². The molecule has 0 spiro atoms. The van der Waals surface area contributed by atoms with Gasteiger partial charge in [0.05, 0.1) is 50.2 Å². The van der Waals surface area contributed by atoms with Crippen LogP contribution in [-0.2, 0) is 26.2 Å². The molecule has 0 aliphatic carbocycles. The Morgan fingerprint density at radius 1 is 0.964 bits per heavy atom. The van der Waals surface area contributed by atoms with E-state index in [4.69, 9.17) is 13.9 Å². The maximum Gasteiger partial charge on any atom is 0.421 e. The second-order valence-electron chi connectivity index (χ2n) is 6.83. The summed E-state index contributed by atoms with van der Waals surface area (Å²) < 4.78 is 45.2. The lowest BCUT2D eigenvalue weighted by Crippen LogP contribution is -2.43. The van der Waals surface area contributed by atoms with Gasteiger partial charge in [-0.2, -0.15) is 4.72 Å². The summed E-state index contributed by atoms with van der Waals surface area (Å²) in [5.41, 5.74) is 0.830. The largest absolute Gasteiger partial charge is 0.421 e. The third kappa shape index (κ3) is 4.29. The van der Waals surface area contributed by atoms with Gasteiger partial charge < -0.3 is 13.9 Å². The molecule has 10 nitrogen and oxygen atoms in total. The van der Waals surface area contributed by atoms with Gasteiger partial charge in [0.15, 0.2) is 5.58 Å².